The SMILES string of the molecule is CCCCCCC(C)OCc1cccc(C#CCN)c1. The van der Waals surface area contributed by atoms with Crippen LogP contribution < -0.4 is 5.73 Å². The van der Waals surface area contributed by atoms with Crippen molar-refractivity contribution in [1.29, 1.82) is 0 Å². The Hall–Kier alpha value is -1.30. The molecule has 0 fully saturated rings. The van der Waals surface area contributed by atoms with Crippen LogP contribution in [0.4, 0.5) is 0 Å². The Kier molecular flexibility index (Phi) is 8.78. The Bertz CT molecular complexity index is 431. The van der Waals surface area contributed by atoms with Crippen LogP contribution in [0.5, 0.6) is 0 Å². The van der Waals surface area contributed by atoms with Gasteiger partial charge >= 0.3 is 0 Å². The van der Waals surface area contributed by atoms with Gasteiger partial charge in [-0.3, -0.25) is 0 Å². The summed E-state index contributed by atoms with van der Waals surface area (Å²) in [6, 6.07) is 8.18. The third-order valence-corrected chi connectivity index (χ3v) is 3.26. The average Bonchev–Trinajstić information content (AvgIpc) is 2.48. The van der Waals surface area contributed by atoms with Crippen LogP contribution >= 0.6 is 0 Å². The molecule has 1 atom stereocenters. The molecular formula is C18H27NO. The monoisotopic (exact) mass is 273 g/mol. The van der Waals surface area contributed by atoms with Crippen LogP contribution in [0.1, 0.15) is 57.1 Å². The molecule has 2 nitrogen and oxygen atoms in total. The number of ether oxygens (including phenoxy) is 1. The molecule has 1 rings (SSSR count). The van der Waals surface area contributed by atoms with Crippen molar-refractivity contribution in [1.82, 2.24) is 0 Å². The smallest absolute Gasteiger partial charge is 0.0720 e. The zero-order valence-electron chi connectivity index (χ0n) is 12.8. The minimum atomic E-state index is 0.325. The van der Waals surface area contributed by atoms with E-state index in [1.54, 1.807) is 0 Å². The largest absolute Gasteiger partial charge is 0.374 e. The fraction of sp³-hybridized carbons (Fsp3) is 0.556. The lowest BCUT2D eigenvalue weighted by atomic mass is 10.1. The Labute approximate surface area is 123 Å². The second-order valence-corrected chi connectivity index (χ2v) is 5.18. The fourth-order valence-corrected chi connectivity index (χ4v) is 2.07. The molecule has 0 radical (unpaired) electrons. The van der Waals surface area contributed by atoms with Crippen molar-refractivity contribution in [2.45, 2.75) is 58.7 Å². The second kappa shape index (κ2) is 10.5. The molecule has 2 heteroatoms. The molecule has 0 amide bonds. The van der Waals surface area contributed by atoms with Gasteiger partial charge in [-0.25, -0.2) is 0 Å². The van der Waals surface area contributed by atoms with Gasteiger partial charge < -0.3 is 10.5 Å². The first-order chi connectivity index (χ1) is 9.76. The van der Waals surface area contributed by atoms with Crippen LogP contribution in [0.3, 0.4) is 0 Å². The maximum atomic E-state index is 5.89. The van der Waals surface area contributed by atoms with Crippen molar-refractivity contribution in [3.05, 3.63) is 35.4 Å². The highest BCUT2D eigenvalue weighted by Gasteiger charge is 2.03. The molecule has 110 valence electrons. The predicted octanol–water partition coefficient (Wildman–Crippen LogP) is 3.87. The van der Waals surface area contributed by atoms with E-state index in [2.05, 4.69) is 37.8 Å². The normalized spacial score (nSPS) is 11.8. The second-order valence-electron chi connectivity index (χ2n) is 5.18. The molecule has 1 unspecified atom stereocenters. The molecule has 20 heavy (non-hydrogen) atoms. The van der Waals surface area contributed by atoms with Crippen LogP contribution in [-0.2, 0) is 11.3 Å². The number of nitrogens with two attached hydrogens (primary N) is 1. The highest BCUT2D eigenvalue weighted by atomic mass is 16.5. The zero-order valence-corrected chi connectivity index (χ0v) is 12.8. The lowest BCUT2D eigenvalue weighted by Gasteiger charge is -2.13. The number of rotatable bonds is 8. The van der Waals surface area contributed by atoms with Gasteiger partial charge in [-0.1, -0.05) is 56.6 Å². The highest BCUT2D eigenvalue weighted by molar-refractivity contribution is 5.37. The van der Waals surface area contributed by atoms with Crippen LogP contribution in [0.15, 0.2) is 24.3 Å². The van der Waals surface area contributed by atoms with Gasteiger partial charge in [-0.15, -0.1) is 0 Å². The molecule has 0 bridgehead atoms. The highest BCUT2D eigenvalue weighted by Crippen LogP contribution is 2.11. The van der Waals surface area contributed by atoms with Crippen molar-refractivity contribution >= 4 is 0 Å². The first kappa shape index (κ1) is 16.8. The Morgan fingerprint density at radius 2 is 2.10 bits per heavy atom. The summed E-state index contributed by atoms with van der Waals surface area (Å²) in [5.74, 6) is 5.92. The molecule has 2 N–H and O–H groups in total. The topological polar surface area (TPSA) is 35.2 Å². The first-order valence-electron chi connectivity index (χ1n) is 7.65. The van der Waals surface area contributed by atoms with E-state index >= 15 is 0 Å². The summed E-state index contributed by atoms with van der Waals surface area (Å²) >= 11 is 0. The molecule has 0 aliphatic carbocycles. The van der Waals surface area contributed by atoms with Crippen molar-refractivity contribution in [3.8, 4) is 11.8 Å². The summed E-state index contributed by atoms with van der Waals surface area (Å²) in [5.41, 5.74) is 7.56. The average molecular weight is 273 g/mol. The molecule has 1 aromatic carbocycles. The van der Waals surface area contributed by atoms with Gasteiger partial charge in [-0.2, -0.15) is 0 Å². The summed E-state index contributed by atoms with van der Waals surface area (Å²) in [7, 11) is 0. The minimum Gasteiger partial charge on any atom is -0.374 e. The molecule has 1 aromatic rings. The molecular weight excluding hydrogens is 246 g/mol. The summed E-state index contributed by atoms with van der Waals surface area (Å²) in [6.07, 6.45) is 6.66. The minimum absolute atomic E-state index is 0.325. The van der Waals surface area contributed by atoms with E-state index in [-0.39, 0.29) is 0 Å². The molecule has 0 saturated heterocycles. The molecule has 0 aromatic heterocycles. The molecule has 0 aliphatic heterocycles. The van der Waals surface area contributed by atoms with E-state index in [0.29, 0.717) is 19.3 Å². The number of hydrogen-bond acceptors (Lipinski definition) is 2. The van der Waals surface area contributed by atoms with E-state index in [4.69, 9.17) is 10.5 Å². The third-order valence-electron chi connectivity index (χ3n) is 3.26. The van der Waals surface area contributed by atoms with Gasteiger partial charge in [0.2, 0.25) is 0 Å². The van der Waals surface area contributed by atoms with Crippen molar-refractivity contribution in [2.24, 2.45) is 5.73 Å². The van der Waals surface area contributed by atoms with Crippen molar-refractivity contribution in [2.75, 3.05) is 6.54 Å². The maximum absolute atomic E-state index is 5.89. The zero-order chi connectivity index (χ0) is 14.6. The van der Waals surface area contributed by atoms with Gasteiger partial charge in [0.05, 0.1) is 19.3 Å². The number of unbranched alkanes of at least 4 members (excludes halogenated alkanes) is 3. The Morgan fingerprint density at radius 1 is 1.25 bits per heavy atom. The van der Waals surface area contributed by atoms with E-state index in [0.717, 1.165) is 12.0 Å². The number of hydrogen-bond donors (Lipinski definition) is 1. The van der Waals surface area contributed by atoms with Crippen LogP contribution in [0.2, 0.25) is 0 Å². The summed E-state index contributed by atoms with van der Waals surface area (Å²) < 4.78 is 5.89. The van der Waals surface area contributed by atoms with Crippen LogP contribution in [0.25, 0.3) is 0 Å². The van der Waals surface area contributed by atoms with E-state index in [1.165, 1.54) is 31.2 Å². The van der Waals surface area contributed by atoms with E-state index in [1.807, 2.05) is 12.1 Å². The number of benzene rings is 1. The maximum Gasteiger partial charge on any atom is 0.0720 e. The van der Waals surface area contributed by atoms with Crippen molar-refractivity contribution < 1.29 is 4.74 Å². The summed E-state index contributed by atoms with van der Waals surface area (Å²) in [6.45, 7) is 5.45. The summed E-state index contributed by atoms with van der Waals surface area (Å²) in [4.78, 5) is 0. The van der Waals surface area contributed by atoms with Crippen LogP contribution in [0, 0.1) is 11.8 Å². The fourth-order valence-electron chi connectivity index (χ4n) is 2.07. The lowest BCUT2D eigenvalue weighted by Crippen LogP contribution is -2.08. The van der Waals surface area contributed by atoms with E-state index in [9.17, 15) is 0 Å². The van der Waals surface area contributed by atoms with E-state index < -0.39 is 0 Å². The van der Waals surface area contributed by atoms with Gasteiger partial charge in [0, 0.05) is 5.56 Å². The quantitative estimate of drug-likeness (QED) is 0.576. The molecule has 0 heterocycles. The predicted molar refractivity (Wildman–Crippen MR) is 85.4 cm³/mol. The van der Waals surface area contributed by atoms with Crippen LogP contribution in [-0.4, -0.2) is 12.6 Å². The lowest BCUT2D eigenvalue weighted by molar-refractivity contribution is 0.0459. The van der Waals surface area contributed by atoms with Crippen molar-refractivity contribution in [3.63, 3.8) is 0 Å². The van der Waals surface area contributed by atoms with Gasteiger partial charge in [-0.05, 0) is 31.0 Å². The van der Waals surface area contributed by atoms with Gasteiger partial charge in [0.1, 0.15) is 0 Å². The van der Waals surface area contributed by atoms with Gasteiger partial charge in [0.15, 0.2) is 0 Å². The molecule has 0 spiro atoms. The standard InChI is InChI=1S/C18H27NO/c1-3-4-5-6-9-16(2)20-15-18-11-7-10-17(14-18)12-8-13-19/h7,10-11,14,16H,3-6,9,13,15,19H2,1-2H3. The molecule has 0 saturated carbocycles. The first-order valence-corrected chi connectivity index (χ1v) is 7.65. The third kappa shape index (κ3) is 7.33. The molecule has 0 aliphatic rings. The Balaban J connectivity index is 2.33. The summed E-state index contributed by atoms with van der Waals surface area (Å²) in [5, 5.41) is 0. The van der Waals surface area contributed by atoms with Gasteiger partial charge in [0.25, 0.3) is 0 Å². The Morgan fingerprint density at radius 3 is 2.85 bits per heavy atom.